The van der Waals surface area contributed by atoms with E-state index in [2.05, 4.69) is 5.32 Å². The number of phenolic OH excluding ortho intramolecular Hbond substituents is 2. The lowest BCUT2D eigenvalue weighted by Crippen LogP contribution is -2.39. The third kappa shape index (κ3) is 6.78. The fraction of sp³-hybridized carbons (Fsp3) is 0.400. The van der Waals surface area contributed by atoms with Crippen LogP contribution in [0.3, 0.4) is 0 Å². The van der Waals surface area contributed by atoms with Crippen molar-refractivity contribution in [1.29, 1.82) is 0 Å². The molecule has 0 fully saturated rings. The molecule has 0 aromatic heterocycles. The molecule has 0 aliphatic carbocycles. The number of benzene rings is 1. The summed E-state index contributed by atoms with van der Waals surface area (Å²) in [4.78, 5) is 32.7. The standard InChI is InChI=1S/C15H20N2O8S/c16-8(14(22)23)6-26-11-5-7(4-10(18)13(11)21)3-9(15(24)25)17-2-1-12(19)20/h4-5,8-9,17-18,21H,1-3,6,16H2,(H,19,20)(H,22,23)(H,24,25). The molecule has 26 heavy (non-hydrogen) atoms. The Morgan fingerprint density at radius 3 is 2.31 bits per heavy atom. The van der Waals surface area contributed by atoms with Crippen molar-refractivity contribution in [2.45, 2.75) is 29.8 Å². The molecule has 0 bridgehead atoms. The number of rotatable bonds is 11. The molecule has 0 spiro atoms. The minimum atomic E-state index is -1.22. The fourth-order valence-corrected chi connectivity index (χ4v) is 2.94. The van der Waals surface area contributed by atoms with Crippen LogP contribution < -0.4 is 11.1 Å². The molecule has 144 valence electrons. The predicted octanol–water partition coefficient (Wildman–Crippen LogP) is -0.338. The number of nitrogens with one attached hydrogen (secondary N) is 1. The second-order valence-electron chi connectivity index (χ2n) is 5.41. The second-order valence-corrected chi connectivity index (χ2v) is 6.47. The second kappa shape index (κ2) is 9.85. The molecule has 2 unspecified atom stereocenters. The summed E-state index contributed by atoms with van der Waals surface area (Å²) >= 11 is 0.908. The Balaban J connectivity index is 2.88. The molecule has 2 atom stereocenters. The maximum atomic E-state index is 11.3. The third-order valence-electron chi connectivity index (χ3n) is 3.32. The summed E-state index contributed by atoms with van der Waals surface area (Å²) in [6, 6.07) is 0.334. The molecular weight excluding hydrogens is 368 g/mol. The van der Waals surface area contributed by atoms with Crippen molar-refractivity contribution in [3.05, 3.63) is 17.7 Å². The van der Waals surface area contributed by atoms with E-state index in [4.69, 9.17) is 15.9 Å². The Kier molecular flexibility index (Phi) is 8.16. The molecule has 11 heteroatoms. The summed E-state index contributed by atoms with van der Waals surface area (Å²) in [5.74, 6) is -4.50. The molecule has 1 aromatic rings. The quantitative estimate of drug-likeness (QED) is 0.194. The van der Waals surface area contributed by atoms with Crippen molar-refractivity contribution in [2.75, 3.05) is 12.3 Å². The number of carboxylic acid groups (broad SMARTS) is 3. The van der Waals surface area contributed by atoms with Gasteiger partial charge in [0.15, 0.2) is 11.5 Å². The van der Waals surface area contributed by atoms with E-state index in [0.29, 0.717) is 5.56 Å². The van der Waals surface area contributed by atoms with Gasteiger partial charge in [0.2, 0.25) is 0 Å². The number of nitrogens with two attached hydrogens (primary N) is 1. The van der Waals surface area contributed by atoms with Crippen molar-refractivity contribution in [3.8, 4) is 11.5 Å². The average Bonchev–Trinajstić information content (AvgIpc) is 2.54. The van der Waals surface area contributed by atoms with Gasteiger partial charge >= 0.3 is 17.9 Å². The van der Waals surface area contributed by atoms with Gasteiger partial charge in [-0.2, -0.15) is 0 Å². The van der Waals surface area contributed by atoms with Crippen LogP contribution in [0.15, 0.2) is 17.0 Å². The van der Waals surface area contributed by atoms with Gasteiger partial charge in [0.05, 0.1) is 11.3 Å². The molecule has 0 radical (unpaired) electrons. The van der Waals surface area contributed by atoms with E-state index in [1.165, 1.54) is 12.1 Å². The topological polar surface area (TPSA) is 190 Å². The smallest absolute Gasteiger partial charge is 0.321 e. The van der Waals surface area contributed by atoms with E-state index in [1.807, 2.05) is 0 Å². The van der Waals surface area contributed by atoms with Crippen molar-refractivity contribution in [2.24, 2.45) is 5.73 Å². The number of aromatic hydroxyl groups is 2. The van der Waals surface area contributed by atoms with Gasteiger partial charge in [-0.15, -0.1) is 11.8 Å². The molecule has 0 aliphatic heterocycles. The Labute approximate surface area is 152 Å². The van der Waals surface area contributed by atoms with Gasteiger partial charge in [-0.05, 0) is 24.1 Å². The summed E-state index contributed by atoms with van der Waals surface area (Å²) in [7, 11) is 0. The number of thioether (sulfide) groups is 1. The monoisotopic (exact) mass is 388 g/mol. The van der Waals surface area contributed by atoms with E-state index in [0.717, 1.165) is 11.8 Å². The maximum Gasteiger partial charge on any atom is 0.321 e. The Bertz CT molecular complexity index is 682. The molecule has 0 saturated carbocycles. The summed E-state index contributed by atoms with van der Waals surface area (Å²) in [5, 5.41) is 48.8. The first-order valence-electron chi connectivity index (χ1n) is 7.45. The molecule has 0 saturated heterocycles. The van der Waals surface area contributed by atoms with Crippen LogP contribution in [0.4, 0.5) is 0 Å². The lowest BCUT2D eigenvalue weighted by atomic mass is 10.1. The highest BCUT2D eigenvalue weighted by Gasteiger charge is 2.20. The predicted molar refractivity (Wildman–Crippen MR) is 91.5 cm³/mol. The normalized spacial score (nSPS) is 13.1. The Morgan fingerprint density at radius 1 is 1.12 bits per heavy atom. The van der Waals surface area contributed by atoms with Gasteiger partial charge in [0.25, 0.3) is 0 Å². The lowest BCUT2D eigenvalue weighted by Gasteiger charge is -2.16. The average molecular weight is 388 g/mol. The van der Waals surface area contributed by atoms with Crippen LogP contribution in [0, 0.1) is 0 Å². The molecule has 1 aromatic carbocycles. The lowest BCUT2D eigenvalue weighted by molar-refractivity contribution is -0.140. The van der Waals surface area contributed by atoms with Crippen molar-refractivity contribution < 1.29 is 39.9 Å². The summed E-state index contributed by atoms with van der Waals surface area (Å²) in [6.45, 7) is -0.0502. The number of hydrogen-bond acceptors (Lipinski definition) is 8. The highest BCUT2D eigenvalue weighted by atomic mass is 32.2. The van der Waals surface area contributed by atoms with Crippen LogP contribution in [0.25, 0.3) is 0 Å². The van der Waals surface area contributed by atoms with Crippen LogP contribution in [0.2, 0.25) is 0 Å². The van der Waals surface area contributed by atoms with Crippen molar-refractivity contribution in [1.82, 2.24) is 5.32 Å². The first kappa shape index (κ1) is 21.5. The van der Waals surface area contributed by atoms with Crippen molar-refractivity contribution in [3.63, 3.8) is 0 Å². The Hall–Kier alpha value is -2.50. The van der Waals surface area contributed by atoms with E-state index < -0.39 is 41.5 Å². The fourth-order valence-electron chi connectivity index (χ4n) is 1.96. The van der Waals surface area contributed by atoms with E-state index >= 15 is 0 Å². The van der Waals surface area contributed by atoms with Gasteiger partial charge in [-0.3, -0.25) is 14.4 Å². The van der Waals surface area contributed by atoms with Crippen LogP contribution in [-0.4, -0.2) is 67.8 Å². The highest BCUT2D eigenvalue weighted by molar-refractivity contribution is 7.99. The third-order valence-corrected chi connectivity index (χ3v) is 4.47. The number of carboxylic acids is 3. The van der Waals surface area contributed by atoms with Crippen LogP contribution in [-0.2, 0) is 20.8 Å². The number of aliphatic carboxylic acids is 3. The zero-order valence-electron chi connectivity index (χ0n) is 13.6. The van der Waals surface area contributed by atoms with E-state index in [-0.39, 0.29) is 30.0 Å². The number of carbonyl (C=O) groups is 3. The summed E-state index contributed by atoms with van der Waals surface area (Å²) in [5.41, 5.74) is 5.75. The molecule has 10 nitrogen and oxygen atoms in total. The summed E-state index contributed by atoms with van der Waals surface area (Å²) in [6.07, 6.45) is -0.333. The molecule has 8 N–H and O–H groups in total. The molecule has 0 aliphatic rings. The Morgan fingerprint density at radius 2 is 1.77 bits per heavy atom. The van der Waals surface area contributed by atoms with Crippen LogP contribution >= 0.6 is 11.8 Å². The largest absolute Gasteiger partial charge is 0.504 e. The SMILES string of the molecule is NC(CSc1cc(CC(NCCC(=O)O)C(=O)O)cc(O)c1O)C(=O)O. The van der Waals surface area contributed by atoms with E-state index in [1.54, 1.807) is 0 Å². The van der Waals surface area contributed by atoms with Gasteiger partial charge in [0.1, 0.15) is 12.1 Å². The van der Waals surface area contributed by atoms with Crippen molar-refractivity contribution >= 4 is 29.7 Å². The highest BCUT2D eigenvalue weighted by Crippen LogP contribution is 2.37. The molecule has 1 rings (SSSR count). The first-order valence-corrected chi connectivity index (χ1v) is 8.44. The maximum absolute atomic E-state index is 11.3. The van der Waals surface area contributed by atoms with Crippen LogP contribution in [0.5, 0.6) is 11.5 Å². The van der Waals surface area contributed by atoms with Gasteiger partial charge < -0.3 is 36.6 Å². The van der Waals surface area contributed by atoms with Gasteiger partial charge in [-0.1, -0.05) is 0 Å². The summed E-state index contributed by atoms with van der Waals surface area (Å²) < 4.78 is 0. The van der Waals surface area contributed by atoms with Crippen LogP contribution in [0.1, 0.15) is 12.0 Å². The van der Waals surface area contributed by atoms with Gasteiger partial charge in [-0.25, -0.2) is 0 Å². The zero-order chi connectivity index (χ0) is 19.9. The zero-order valence-corrected chi connectivity index (χ0v) is 14.4. The first-order chi connectivity index (χ1) is 12.1. The molecular formula is C15H20N2O8S. The minimum absolute atomic E-state index is 0.0502. The van der Waals surface area contributed by atoms with E-state index in [9.17, 15) is 29.7 Å². The van der Waals surface area contributed by atoms with Gasteiger partial charge in [0, 0.05) is 12.3 Å². The number of phenols is 2. The number of hydrogen-bond donors (Lipinski definition) is 7. The molecule has 0 heterocycles. The minimum Gasteiger partial charge on any atom is -0.504 e. The molecule has 0 amide bonds.